The summed E-state index contributed by atoms with van der Waals surface area (Å²) in [6, 6.07) is 5.52. The maximum Gasteiger partial charge on any atom is 0.412 e. The van der Waals surface area contributed by atoms with Crippen LogP contribution in [0.4, 0.5) is 10.5 Å². The first kappa shape index (κ1) is 16.1. The zero-order chi connectivity index (χ0) is 15.7. The Morgan fingerprint density at radius 1 is 1.38 bits per heavy atom. The molecule has 1 aliphatic carbocycles. The second-order valence-electron chi connectivity index (χ2n) is 6.64. The first-order chi connectivity index (χ1) is 9.73. The van der Waals surface area contributed by atoms with Crippen molar-refractivity contribution in [2.75, 3.05) is 12.4 Å². The van der Waals surface area contributed by atoms with E-state index >= 15 is 0 Å². The highest BCUT2D eigenvalue weighted by molar-refractivity contribution is 6.31. The summed E-state index contributed by atoms with van der Waals surface area (Å²) in [4.78, 5) is 11.8. The van der Waals surface area contributed by atoms with Gasteiger partial charge in [-0.1, -0.05) is 11.6 Å². The molecule has 116 valence electrons. The molecule has 21 heavy (non-hydrogen) atoms. The van der Waals surface area contributed by atoms with Gasteiger partial charge in [-0.15, -0.1) is 0 Å². The van der Waals surface area contributed by atoms with Crippen molar-refractivity contribution < 1.29 is 9.53 Å². The number of hydrogen-bond donors (Lipinski definition) is 2. The van der Waals surface area contributed by atoms with E-state index < -0.39 is 11.7 Å². The number of nitrogens with one attached hydrogen (secondary N) is 2. The van der Waals surface area contributed by atoms with Gasteiger partial charge in [0, 0.05) is 16.2 Å². The van der Waals surface area contributed by atoms with Gasteiger partial charge in [-0.05, 0) is 70.8 Å². The van der Waals surface area contributed by atoms with Crippen molar-refractivity contribution in [1.82, 2.24) is 5.32 Å². The first-order valence-electron chi connectivity index (χ1n) is 7.20. The van der Waals surface area contributed by atoms with Crippen LogP contribution in [-0.4, -0.2) is 24.3 Å². The lowest BCUT2D eigenvalue weighted by Gasteiger charge is -2.20. The lowest BCUT2D eigenvalue weighted by atomic mass is 10.0. The summed E-state index contributed by atoms with van der Waals surface area (Å²) < 4.78 is 5.25. The number of rotatable bonds is 4. The van der Waals surface area contributed by atoms with E-state index in [1.807, 2.05) is 40.0 Å². The lowest BCUT2D eigenvalue weighted by molar-refractivity contribution is 0.0636. The van der Waals surface area contributed by atoms with E-state index in [9.17, 15) is 4.79 Å². The standard InChI is InChI=1S/C16H23ClN2O2/c1-15(2,3)21-14(20)19-12-5-6-13(17)11(9-12)10-16(18-4)7-8-16/h5-6,9,18H,7-8,10H2,1-4H3,(H,19,20). The van der Waals surface area contributed by atoms with E-state index in [1.165, 1.54) is 0 Å². The SMILES string of the molecule is CNC1(Cc2cc(NC(=O)OC(C)(C)C)ccc2Cl)CC1. The summed E-state index contributed by atoms with van der Waals surface area (Å²) in [6.45, 7) is 5.51. The van der Waals surface area contributed by atoms with Gasteiger partial charge >= 0.3 is 6.09 Å². The fourth-order valence-corrected chi connectivity index (χ4v) is 2.42. The molecule has 1 fully saturated rings. The van der Waals surface area contributed by atoms with Crippen LogP contribution >= 0.6 is 11.6 Å². The van der Waals surface area contributed by atoms with Gasteiger partial charge in [-0.25, -0.2) is 4.79 Å². The number of carbonyl (C=O) groups is 1. The number of hydrogen-bond acceptors (Lipinski definition) is 3. The van der Waals surface area contributed by atoms with Crippen LogP contribution in [0.1, 0.15) is 39.2 Å². The average Bonchev–Trinajstić information content (AvgIpc) is 3.11. The molecule has 5 heteroatoms. The van der Waals surface area contributed by atoms with Crippen molar-refractivity contribution in [3.63, 3.8) is 0 Å². The average molecular weight is 311 g/mol. The molecule has 1 aromatic carbocycles. The van der Waals surface area contributed by atoms with Crippen LogP contribution in [0.15, 0.2) is 18.2 Å². The molecular formula is C16H23ClN2O2. The first-order valence-corrected chi connectivity index (χ1v) is 7.58. The van der Waals surface area contributed by atoms with Gasteiger partial charge in [-0.2, -0.15) is 0 Å². The van der Waals surface area contributed by atoms with Crippen LogP contribution in [0.2, 0.25) is 5.02 Å². The molecule has 1 aromatic rings. The van der Waals surface area contributed by atoms with Crippen LogP contribution in [0.25, 0.3) is 0 Å². The third-order valence-electron chi connectivity index (χ3n) is 3.60. The van der Waals surface area contributed by atoms with Crippen LogP contribution in [0, 0.1) is 0 Å². The Balaban J connectivity index is 2.06. The molecule has 1 amide bonds. The molecule has 0 spiro atoms. The van der Waals surface area contributed by atoms with E-state index in [1.54, 1.807) is 6.07 Å². The molecule has 2 N–H and O–H groups in total. The molecule has 0 heterocycles. The van der Waals surface area contributed by atoms with Crippen LogP contribution in [0.5, 0.6) is 0 Å². The second kappa shape index (κ2) is 5.85. The fraction of sp³-hybridized carbons (Fsp3) is 0.562. The lowest BCUT2D eigenvalue weighted by Crippen LogP contribution is -2.30. The zero-order valence-electron chi connectivity index (χ0n) is 13.0. The molecule has 0 aliphatic heterocycles. The number of amides is 1. The Morgan fingerprint density at radius 3 is 2.57 bits per heavy atom. The topological polar surface area (TPSA) is 50.4 Å². The van der Waals surface area contributed by atoms with Crippen molar-refractivity contribution in [3.8, 4) is 0 Å². The molecule has 0 aromatic heterocycles. The Hall–Kier alpha value is -1.26. The molecule has 0 bridgehead atoms. The Labute approximate surface area is 131 Å². The maximum absolute atomic E-state index is 11.8. The Morgan fingerprint density at radius 2 is 2.05 bits per heavy atom. The van der Waals surface area contributed by atoms with Crippen LogP contribution in [-0.2, 0) is 11.2 Å². The fourth-order valence-electron chi connectivity index (χ4n) is 2.24. The second-order valence-corrected chi connectivity index (χ2v) is 7.05. The predicted octanol–water partition coefficient (Wildman–Crippen LogP) is 3.98. The minimum absolute atomic E-state index is 0.175. The number of halogens is 1. The van der Waals surface area contributed by atoms with E-state index in [0.717, 1.165) is 29.8 Å². The highest BCUT2D eigenvalue weighted by atomic mass is 35.5. The molecular weight excluding hydrogens is 288 g/mol. The summed E-state index contributed by atoms with van der Waals surface area (Å²) in [5.41, 5.74) is 1.41. The van der Waals surface area contributed by atoms with Crippen molar-refractivity contribution in [2.45, 2.75) is 51.2 Å². The number of benzene rings is 1. The van der Waals surface area contributed by atoms with Gasteiger partial charge in [0.05, 0.1) is 0 Å². The van der Waals surface area contributed by atoms with Gasteiger partial charge in [0.1, 0.15) is 5.60 Å². The minimum Gasteiger partial charge on any atom is -0.444 e. The molecule has 0 unspecified atom stereocenters. The molecule has 0 atom stereocenters. The van der Waals surface area contributed by atoms with Crippen molar-refractivity contribution >= 4 is 23.4 Å². The third kappa shape index (κ3) is 4.61. The van der Waals surface area contributed by atoms with Gasteiger partial charge in [0.15, 0.2) is 0 Å². The summed E-state index contributed by atoms with van der Waals surface area (Å²) in [5, 5.41) is 6.83. The van der Waals surface area contributed by atoms with Crippen molar-refractivity contribution in [1.29, 1.82) is 0 Å². The number of carbonyl (C=O) groups excluding carboxylic acids is 1. The van der Waals surface area contributed by atoms with E-state index in [-0.39, 0.29) is 5.54 Å². The summed E-state index contributed by atoms with van der Waals surface area (Å²) >= 11 is 6.26. The van der Waals surface area contributed by atoms with E-state index in [0.29, 0.717) is 5.69 Å². The van der Waals surface area contributed by atoms with Gasteiger partial charge in [0.25, 0.3) is 0 Å². The van der Waals surface area contributed by atoms with Crippen molar-refractivity contribution in [3.05, 3.63) is 28.8 Å². The monoisotopic (exact) mass is 310 g/mol. The smallest absolute Gasteiger partial charge is 0.412 e. The number of ether oxygens (including phenoxy) is 1. The molecule has 0 radical (unpaired) electrons. The molecule has 4 nitrogen and oxygen atoms in total. The van der Waals surface area contributed by atoms with Crippen LogP contribution in [0.3, 0.4) is 0 Å². The highest BCUT2D eigenvalue weighted by Gasteiger charge is 2.41. The van der Waals surface area contributed by atoms with Crippen LogP contribution < -0.4 is 10.6 Å². The Kier molecular flexibility index (Phi) is 4.49. The minimum atomic E-state index is -0.510. The normalized spacial score (nSPS) is 16.4. The van der Waals surface area contributed by atoms with E-state index in [4.69, 9.17) is 16.3 Å². The Bertz CT molecular complexity index is 534. The summed E-state index contributed by atoms with van der Waals surface area (Å²) in [5.74, 6) is 0. The highest BCUT2D eigenvalue weighted by Crippen LogP contribution is 2.39. The summed E-state index contributed by atoms with van der Waals surface area (Å²) in [6.07, 6.45) is 2.73. The number of likely N-dealkylation sites (N-methyl/N-ethyl adjacent to an activating group) is 1. The zero-order valence-corrected chi connectivity index (χ0v) is 13.8. The quantitative estimate of drug-likeness (QED) is 0.884. The van der Waals surface area contributed by atoms with Gasteiger partial charge in [-0.3, -0.25) is 5.32 Å². The molecule has 1 saturated carbocycles. The summed E-state index contributed by atoms with van der Waals surface area (Å²) in [7, 11) is 1.98. The van der Waals surface area contributed by atoms with E-state index in [2.05, 4.69) is 10.6 Å². The molecule has 1 aliphatic rings. The third-order valence-corrected chi connectivity index (χ3v) is 3.97. The number of anilines is 1. The van der Waals surface area contributed by atoms with Gasteiger partial charge in [0.2, 0.25) is 0 Å². The maximum atomic E-state index is 11.8. The largest absolute Gasteiger partial charge is 0.444 e. The molecule has 2 rings (SSSR count). The van der Waals surface area contributed by atoms with Crippen molar-refractivity contribution in [2.24, 2.45) is 0 Å². The van der Waals surface area contributed by atoms with Gasteiger partial charge < -0.3 is 10.1 Å². The predicted molar refractivity (Wildman–Crippen MR) is 86.0 cm³/mol. The molecule has 0 saturated heterocycles.